The molecule has 0 fully saturated rings. The Labute approximate surface area is 89.1 Å². The first kappa shape index (κ1) is 10.1. The Hall–Kier alpha value is -1.38. The molecule has 0 radical (unpaired) electrons. The van der Waals surface area contributed by atoms with Crippen molar-refractivity contribution in [1.29, 1.82) is 0 Å². The molecular formula is C12H15NO2. The Bertz CT molecular complexity index is 376. The second-order valence-electron chi connectivity index (χ2n) is 4.69. The van der Waals surface area contributed by atoms with E-state index in [2.05, 4.69) is 19.0 Å². The molecule has 1 unspecified atom stereocenters. The van der Waals surface area contributed by atoms with E-state index in [-0.39, 0.29) is 11.3 Å². The fourth-order valence-corrected chi connectivity index (χ4v) is 2.08. The Morgan fingerprint density at radius 3 is 3.00 bits per heavy atom. The quantitative estimate of drug-likeness (QED) is 0.697. The van der Waals surface area contributed by atoms with E-state index >= 15 is 0 Å². The van der Waals surface area contributed by atoms with Gasteiger partial charge in [-0.15, -0.1) is 0 Å². The van der Waals surface area contributed by atoms with Gasteiger partial charge in [0, 0.05) is 12.0 Å². The summed E-state index contributed by atoms with van der Waals surface area (Å²) in [6.45, 7) is 4.35. The van der Waals surface area contributed by atoms with Crippen LogP contribution in [0, 0.1) is 11.3 Å². The number of hydrogen-bond donors (Lipinski definition) is 0. The summed E-state index contributed by atoms with van der Waals surface area (Å²) in [6, 6.07) is 1.85. The van der Waals surface area contributed by atoms with E-state index in [1.807, 2.05) is 12.1 Å². The highest BCUT2D eigenvalue weighted by molar-refractivity contribution is 5.72. The number of aromatic nitrogens is 1. The number of allylic oxidation sites excluding steroid dienone is 2. The average Bonchev–Trinajstić information content (AvgIpc) is 2.70. The molecule has 2 rings (SSSR count). The van der Waals surface area contributed by atoms with Crippen LogP contribution >= 0.6 is 0 Å². The summed E-state index contributed by atoms with van der Waals surface area (Å²) in [6.07, 6.45) is 6.54. The van der Waals surface area contributed by atoms with E-state index in [1.54, 1.807) is 6.26 Å². The van der Waals surface area contributed by atoms with Crippen molar-refractivity contribution in [2.45, 2.75) is 26.7 Å². The maximum atomic E-state index is 10.8. The Morgan fingerprint density at radius 1 is 1.60 bits per heavy atom. The zero-order valence-corrected chi connectivity index (χ0v) is 9.06. The van der Waals surface area contributed by atoms with Crippen LogP contribution in [0.4, 0.5) is 0 Å². The normalized spacial score (nSPS) is 24.7. The van der Waals surface area contributed by atoms with Gasteiger partial charge in [0.05, 0.1) is 0 Å². The van der Waals surface area contributed by atoms with Crippen molar-refractivity contribution in [3.8, 4) is 0 Å². The third kappa shape index (κ3) is 1.87. The molecular weight excluding hydrogens is 190 g/mol. The lowest BCUT2D eigenvalue weighted by Gasteiger charge is -2.32. The van der Waals surface area contributed by atoms with Gasteiger partial charge in [-0.2, -0.15) is 0 Å². The van der Waals surface area contributed by atoms with Gasteiger partial charge in [-0.3, -0.25) is 0 Å². The summed E-state index contributed by atoms with van der Waals surface area (Å²) in [5, 5.41) is 3.95. The van der Waals surface area contributed by atoms with E-state index in [0.29, 0.717) is 0 Å². The molecule has 0 N–H and O–H groups in total. The van der Waals surface area contributed by atoms with Gasteiger partial charge in [0.25, 0.3) is 0 Å². The van der Waals surface area contributed by atoms with Gasteiger partial charge in [-0.1, -0.05) is 25.1 Å². The van der Waals surface area contributed by atoms with Gasteiger partial charge in [-0.25, -0.2) is 0 Å². The Balaban J connectivity index is 2.40. The molecule has 3 heteroatoms. The monoisotopic (exact) mass is 205 g/mol. The molecule has 1 aromatic heterocycles. The molecule has 0 spiro atoms. The van der Waals surface area contributed by atoms with Crippen LogP contribution in [-0.4, -0.2) is 11.4 Å². The summed E-state index contributed by atoms with van der Waals surface area (Å²) in [5.74, 6) is 0.0322. The van der Waals surface area contributed by atoms with Gasteiger partial charge in [0.1, 0.15) is 18.2 Å². The highest BCUT2D eigenvalue weighted by Gasteiger charge is 2.31. The van der Waals surface area contributed by atoms with E-state index in [1.165, 1.54) is 0 Å². The predicted octanol–water partition coefficient (Wildman–Crippen LogP) is 2.69. The summed E-state index contributed by atoms with van der Waals surface area (Å²) in [7, 11) is 0. The molecule has 1 aliphatic rings. The number of carbonyl (C=O) groups is 1. The molecule has 1 atom stereocenters. The molecule has 3 nitrogen and oxygen atoms in total. The second-order valence-corrected chi connectivity index (χ2v) is 4.69. The maximum Gasteiger partial charge on any atom is 0.126 e. The zero-order chi connectivity index (χ0) is 10.9. The van der Waals surface area contributed by atoms with Crippen LogP contribution < -0.4 is 0 Å². The molecule has 1 aliphatic carbocycles. The standard InChI is InChI=1S/C12H15NO2/c1-12(2)5-3-9(8-14)7-10(12)11-4-6-15-13-11/h4,6-9H,3,5H2,1-2H3. The van der Waals surface area contributed by atoms with Crippen molar-refractivity contribution in [2.24, 2.45) is 11.3 Å². The van der Waals surface area contributed by atoms with E-state index in [0.717, 1.165) is 30.4 Å². The fourth-order valence-electron chi connectivity index (χ4n) is 2.08. The molecule has 15 heavy (non-hydrogen) atoms. The molecule has 80 valence electrons. The van der Waals surface area contributed by atoms with E-state index < -0.39 is 0 Å². The molecule has 0 aromatic carbocycles. The van der Waals surface area contributed by atoms with Crippen LogP contribution in [0.5, 0.6) is 0 Å². The smallest absolute Gasteiger partial charge is 0.126 e. The minimum atomic E-state index is 0.0322. The minimum absolute atomic E-state index is 0.0322. The molecule has 0 bridgehead atoms. The van der Waals surface area contributed by atoms with Crippen LogP contribution in [0.15, 0.2) is 22.9 Å². The van der Waals surface area contributed by atoms with Crippen molar-refractivity contribution in [3.63, 3.8) is 0 Å². The first-order chi connectivity index (χ1) is 7.13. The summed E-state index contributed by atoms with van der Waals surface area (Å²) in [4.78, 5) is 10.8. The van der Waals surface area contributed by atoms with Gasteiger partial charge < -0.3 is 9.32 Å². The van der Waals surface area contributed by atoms with Crippen molar-refractivity contribution < 1.29 is 9.32 Å². The second kappa shape index (κ2) is 3.65. The largest absolute Gasteiger partial charge is 0.364 e. The molecule has 1 heterocycles. The van der Waals surface area contributed by atoms with Crippen molar-refractivity contribution >= 4 is 11.9 Å². The molecule has 0 amide bonds. The Kier molecular flexibility index (Phi) is 2.47. The van der Waals surface area contributed by atoms with E-state index in [9.17, 15) is 4.79 Å². The van der Waals surface area contributed by atoms with Crippen LogP contribution in [0.2, 0.25) is 0 Å². The topological polar surface area (TPSA) is 43.1 Å². The summed E-state index contributed by atoms with van der Waals surface area (Å²) >= 11 is 0. The van der Waals surface area contributed by atoms with Gasteiger partial charge in [0.2, 0.25) is 0 Å². The number of carbonyl (C=O) groups excluding carboxylic acids is 1. The average molecular weight is 205 g/mol. The lowest BCUT2D eigenvalue weighted by Crippen LogP contribution is -2.21. The first-order valence-electron chi connectivity index (χ1n) is 5.22. The molecule has 0 saturated carbocycles. The zero-order valence-electron chi connectivity index (χ0n) is 9.06. The fraction of sp³-hybridized carbons (Fsp3) is 0.500. The van der Waals surface area contributed by atoms with Crippen LogP contribution in [0.25, 0.3) is 5.57 Å². The van der Waals surface area contributed by atoms with Crippen LogP contribution in [-0.2, 0) is 4.79 Å². The molecule has 1 aromatic rings. The Morgan fingerprint density at radius 2 is 2.40 bits per heavy atom. The lowest BCUT2D eigenvalue weighted by atomic mass is 9.72. The third-order valence-electron chi connectivity index (χ3n) is 3.10. The summed E-state index contributed by atoms with van der Waals surface area (Å²) < 4.78 is 4.85. The SMILES string of the molecule is CC1(C)CCC(C=O)C=C1c1ccon1. The van der Waals surface area contributed by atoms with Gasteiger partial charge in [0.15, 0.2) is 0 Å². The number of rotatable bonds is 2. The van der Waals surface area contributed by atoms with Gasteiger partial charge >= 0.3 is 0 Å². The highest BCUT2D eigenvalue weighted by Crippen LogP contribution is 2.43. The third-order valence-corrected chi connectivity index (χ3v) is 3.10. The van der Waals surface area contributed by atoms with E-state index in [4.69, 9.17) is 4.52 Å². The predicted molar refractivity (Wildman–Crippen MR) is 57.0 cm³/mol. The van der Waals surface area contributed by atoms with Crippen molar-refractivity contribution in [1.82, 2.24) is 5.16 Å². The number of nitrogens with zero attached hydrogens (tertiary/aromatic N) is 1. The summed E-state index contributed by atoms with van der Waals surface area (Å²) in [5.41, 5.74) is 2.06. The van der Waals surface area contributed by atoms with Crippen molar-refractivity contribution in [2.75, 3.05) is 0 Å². The number of aldehydes is 1. The van der Waals surface area contributed by atoms with Gasteiger partial charge in [-0.05, 0) is 23.8 Å². The first-order valence-corrected chi connectivity index (χ1v) is 5.22. The van der Waals surface area contributed by atoms with Crippen LogP contribution in [0.1, 0.15) is 32.4 Å². The molecule has 0 saturated heterocycles. The van der Waals surface area contributed by atoms with Crippen molar-refractivity contribution in [3.05, 3.63) is 24.1 Å². The lowest BCUT2D eigenvalue weighted by molar-refractivity contribution is -0.110. The number of hydrogen-bond acceptors (Lipinski definition) is 3. The minimum Gasteiger partial charge on any atom is -0.364 e. The molecule has 0 aliphatic heterocycles. The maximum absolute atomic E-state index is 10.8. The highest BCUT2D eigenvalue weighted by atomic mass is 16.5. The van der Waals surface area contributed by atoms with Crippen LogP contribution in [0.3, 0.4) is 0 Å².